The Balaban J connectivity index is 0.000000183. The number of urea groups is 2. The Kier molecular flexibility index (Phi) is 32.7. The van der Waals surface area contributed by atoms with Crippen LogP contribution in [0.1, 0.15) is 113 Å². The lowest BCUT2D eigenvalue weighted by atomic mass is 10.1. The molecule has 21 atom stereocenters. The quantitative estimate of drug-likeness (QED) is 0.0310. The van der Waals surface area contributed by atoms with Crippen LogP contribution in [-0.4, -0.2) is 235 Å². The van der Waals surface area contributed by atoms with E-state index in [0.717, 1.165) is 29.6 Å². The van der Waals surface area contributed by atoms with Crippen LogP contribution >= 0.6 is 31.3 Å². The molecule has 8 saturated heterocycles. The van der Waals surface area contributed by atoms with Crippen LogP contribution in [-0.2, 0) is 130 Å². The first-order valence-electron chi connectivity index (χ1n) is 37.9. The molecule has 0 spiro atoms. The molecule has 3 N–H and O–H groups in total. The van der Waals surface area contributed by atoms with E-state index in [0.29, 0.717) is 19.7 Å². The fourth-order valence-electron chi connectivity index (χ4n) is 12.3. The number of nitrogens with zero attached hydrogens (tertiary/aromatic N) is 5. The van der Waals surface area contributed by atoms with E-state index >= 15 is 0 Å². The zero-order valence-electron chi connectivity index (χ0n) is 66.8. The van der Waals surface area contributed by atoms with Crippen LogP contribution in [0.15, 0.2) is 75.7 Å². The number of hydrogen-bond acceptors (Lipinski definition) is 34. The Labute approximate surface area is 684 Å². The molecule has 8 fully saturated rings. The molecule has 10 aliphatic rings. The zero-order chi connectivity index (χ0) is 89.3. The molecule has 0 aromatic carbocycles. The third kappa shape index (κ3) is 23.7. The highest BCUT2D eigenvalue weighted by molar-refractivity contribution is 7.49. The summed E-state index contributed by atoms with van der Waals surface area (Å²) in [5.74, 6) is -18.9. The Morgan fingerprint density at radius 1 is 0.521 bits per heavy atom. The van der Waals surface area contributed by atoms with E-state index in [-0.39, 0.29) is 89.8 Å². The van der Waals surface area contributed by atoms with Crippen LogP contribution in [0, 0.1) is 30.6 Å². The number of hydrogen-bond donors (Lipinski definition) is 3. The minimum Gasteiger partial charge on any atom is -0.466 e. The molecule has 53 heteroatoms. The number of allylic oxidation sites excluding steroid dienone is 1. The number of aromatic nitrogens is 4. The van der Waals surface area contributed by atoms with Gasteiger partial charge in [0, 0.05) is 48.3 Å². The third-order valence-electron chi connectivity index (χ3n) is 18.9. The van der Waals surface area contributed by atoms with Crippen LogP contribution in [0.2, 0.25) is 0 Å². The number of H-pyrrole nitrogens is 1. The number of phosphoric acid groups is 4. The second kappa shape index (κ2) is 40.5. The summed E-state index contributed by atoms with van der Waals surface area (Å²) in [7, 11) is -17.3. The molecule has 0 saturated carbocycles. The number of carbonyl (C=O) groups is 6. The van der Waals surface area contributed by atoms with Gasteiger partial charge in [-0.05, 0) is 92.4 Å². The summed E-state index contributed by atoms with van der Waals surface area (Å²) in [5.41, 5.74) is -2.16. The largest absolute Gasteiger partial charge is 0.475 e. The molecule has 2 aromatic rings. The first kappa shape index (κ1) is 97.7. The molecule has 4 amide bonds. The molecule has 12 rings (SSSR count). The van der Waals surface area contributed by atoms with Gasteiger partial charge < -0.3 is 48.5 Å². The van der Waals surface area contributed by atoms with Crippen molar-refractivity contribution in [3.63, 3.8) is 0 Å². The van der Waals surface area contributed by atoms with Gasteiger partial charge in [-0.1, -0.05) is 34.3 Å². The van der Waals surface area contributed by atoms with Crippen LogP contribution in [0.5, 0.6) is 0 Å². The van der Waals surface area contributed by atoms with Crippen molar-refractivity contribution in [1.29, 1.82) is 0 Å². The number of rotatable bonds is 28. The number of nitrogens with one attached hydrogen (secondary N) is 3. The van der Waals surface area contributed by atoms with Crippen molar-refractivity contribution < 1.29 is 174 Å². The Morgan fingerprint density at radius 3 is 1.21 bits per heavy atom. The Bertz CT molecular complexity index is 4510. The van der Waals surface area contributed by atoms with Crippen molar-refractivity contribution >= 4 is 67.2 Å². The average molecular weight is 1830 g/mol. The van der Waals surface area contributed by atoms with E-state index in [1.807, 2.05) is 4.98 Å². The number of aromatic amines is 1. The molecule has 0 aliphatic carbocycles. The maximum atomic E-state index is 15.0. The lowest BCUT2D eigenvalue weighted by molar-refractivity contribution is -0.152. The molecule has 41 nitrogen and oxygen atoms in total. The number of ether oxygens (including phenoxy) is 8. The Hall–Kier alpha value is -7.08. The van der Waals surface area contributed by atoms with Gasteiger partial charge in [-0.25, -0.2) is 37.4 Å². The first-order chi connectivity index (χ1) is 56.6. The van der Waals surface area contributed by atoms with Gasteiger partial charge in [-0.15, -0.1) is 0 Å². The van der Waals surface area contributed by atoms with Gasteiger partial charge >= 0.3 is 102 Å². The highest BCUT2D eigenvalue weighted by atomic mass is 31.2. The summed E-state index contributed by atoms with van der Waals surface area (Å²) in [6.07, 6.45) is -13.6. The fourth-order valence-corrected chi connectivity index (χ4v) is 18.0. The summed E-state index contributed by atoms with van der Waals surface area (Å²) in [5, 5.41) is 4.80. The monoisotopic (exact) mass is 1830 g/mol. The van der Waals surface area contributed by atoms with Crippen molar-refractivity contribution in [3.05, 3.63) is 98.4 Å². The summed E-state index contributed by atoms with van der Waals surface area (Å²) in [6.45, 7) is 19.2. The predicted octanol–water partition coefficient (Wildman–Crippen LogP) is 8.73. The number of alkyl halides is 8. The Morgan fingerprint density at radius 2 is 0.868 bits per heavy atom. The zero-order valence-corrected chi connectivity index (χ0v) is 70.4. The van der Waals surface area contributed by atoms with E-state index in [9.17, 15) is 96.5 Å². The molecular weight excluding hydrogens is 1730 g/mol. The van der Waals surface area contributed by atoms with Crippen molar-refractivity contribution in [1.82, 2.24) is 39.5 Å². The number of halogens is 8. The molecule has 5 unspecified atom stereocenters. The van der Waals surface area contributed by atoms with Crippen molar-refractivity contribution in [2.24, 2.45) is 23.7 Å². The third-order valence-corrected chi connectivity index (χ3v) is 24.7. The van der Waals surface area contributed by atoms with Crippen molar-refractivity contribution in [2.75, 3.05) is 72.7 Å². The van der Waals surface area contributed by atoms with Gasteiger partial charge in [-0.3, -0.25) is 102 Å². The van der Waals surface area contributed by atoms with Gasteiger partial charge in [0.25, 0.3) is 5.56 Å². The standard InChI is InChI=1S/C17H23F2N2O9P.C17H25F2N2O8P.2C17H23F2N2O8P/c1-9(2)28-14(23)10(3)5-7-26-31(25)27-8-11-13(30-31)17(18,19)15(29-11)21-6-4-12(22)20-16(21)24;3*1-4-25-14(22)10(2)6-8-26-30(24)27-9-12-13(29-30)17(18,19)15(28-12)21-7-5-11(3)20-16(21)23/h4,6,9-11,13,15H,5,7-8H2,1-3H3,(H,20,22,24);5,7,10-13,15H,4,6,8-9H2,1-3H3,(H,20,23);5,7,10,12-13,15H,4,6,8-9H2,1-3H3;5,7,10,12-13,15H,3-4,6,8-9H2,1-2H3,(H,20,23)/t10-,11-,13-,15-,31?;10-,11?,12-,13-,15-,30?;2*10-,12+,13+,15+,30?/m1100/s1. The summed E-state index contributed by atoms with van der Waals surface area (Å²) in [4.78, 5) is 113. The number of esters is 4. The average Bonchev–Trinajstić information content (AvgIpc) is 1.61. The van der Waals surface area contributed by atoms with Crippen LogP contribution in [0.3, 0.4) is 0 Å². The van der Waals surface area contributed by atoms with Crippen LogP contribution < -0.4 is 27.6 Å². The van der Waals surface area contributed by atoms with Crippen LogP contribution in [0.25, 0.3) is 0 Å². The summed E-state index contributed by atoms with van der Waals surface area (Å²) in [6, 6.07) is 0.371. The SMILES string of the molecule is C=C1C=CN([C@@H]2O[C@@H]3COP(=O)(OCC[C@H](C)C(=O)OCC)O[C@H]3C2(F)F)C(=O)N1.CC(C)OC(=O)[C@H](C)CCOP1(=O)OC[C@H]2O[C@@H](n3ccc(=O)[nH]c3=O)C(F)(F)[C@@H]2O1.CCOC(=O)[C@@H](C)CCOP1(=O)OC[C@H]2O[C@@H](n3ccc(C)nc3=O)C(F)(F)[C@@H]2O1.CCOC(=O)[C@H](C)CCOP1(=O)OC[C@H]2O[C@@H](N3C=CC(C)NC3=O)C(F)(F)[C@@H]2O1. The minimum atomic E-state index is -4.37. The first-order valence-corrected chi connectivity index (χ1v) is 43.7. The number of aryl methyl sites for hydroxylation is 1. The number of carbonyl (C=O) groups excluding carboxylic acids is 6. The normalized spacial score (nSPS) is 32.9. The van der Waals surface area contributed by atoms with E-state index in [2.05, 4.69) is 22.2 Å². The van der Waals surface area contributed by atoms with Crippen molar-refractivity contribution in [2.45, 2.75) is 211 Å². The van der Waals surface area contributed by atoms with Gasteiger partial charge in [-0.2, -0.15) is 40.1 Å². The lowest BCUT2D eigenvalue weighted by Gasteiger charge is -2.34. The van der Waals surface area contributed by atoms with Gasteiger partial charge in [0.15, 0.2) is 24.4 Å². The van der Waals surface area contributed by atoms with Crippen LogP contribution in [0.4, 0.5) is 44.7 Å². The van der Waals surface area contributed by atoms with Gasteiger partial charge in [0.2, 0.25) is 24.9 Å². The predicted molar refractivity (Wildman–Crippen MR) is 391 cm³/mol. The number of amides is 4. The molecule has 0 radical (unpaired) electrons. The molecule has 680 valence electrons. The minimum absolute atomic E-state index is 0.0959. The van der Waals surface area contributed by atoms with E-state index in [1.54, 1.807) is 76.2 Å². The highest BCUT2D eigenvalue weighted by Crippen LogP contribution is 2.64. The fraction of sp³-hybridized carbons (Fsp3) is 0.706. The second-order valence-corrected chi connectivity index (χ2v) is 35.1. The van der Waals surface area contributed by atoms with E-state index in [1.165, 1.54) is 24.4 Å². The molecular formula is C68H94F8N8O33P4. The summed E-state index contributed by atoms with van der Waals surface area (Å²) >= 11 is 0. The van der Waals surface area contributed by atoms with Gasteiger partial charge in [0.1, 0.15) is 24.4 Å². The smallest absolute Gasteiger partial charge is 0.466 e. The maximum Gasteiger partial charge on any atom is 0.475 e. The summed E-state index contributed by atoms with van der Waals surface area (Å²) < 4.78 is 273. The molecule has 10 aliphatic heterocycles. The molecule has 2 aromatic heterocycles. The molecule has 121 heavy (non-hydrogen) atoms. The molecule has 12 heterocycles. The number of fused-ring (bicyclic) bond motifs is 4. The lowest BCUT2D eigenvalue weighted by Crippen LogP contribution is -2.55. The van der Waals surface area contributed by atoms with Crippen molar-refractivity contribution in [3.8, 4) is 0 Å². The van der Waals surface area contributed by atoms with Gasteiger partial charge in [0.05, 0.1) is 102 Å². The number of phosphoric ester groups is 4. The van der Waals surface area contributed by atoms with E-state index < -0.39 is 232 Å². The topological polar surface area (TPSA) is 476 Å². The molecule has 0 bridgehead atoms. The highest BCUT2D eigenvalue weighted by Gasteiger charge is 2.70. The van der Waals surface area contributed by atoms with E-state index in [4.69, 9.17) is 92.2 Å². The second-order valence-electron chi connectivity index (χ2n) is 28.7. The maximum absolute atomic E-state index is 15.0.